The summed E-state index contributed by atoms with van der Waals surface area (Å²) in [5, 5.41) is 37.6. The molecular formula is C11H22O6. The molecule has 1 fully saturated rings. The van der Waals surface area contributed by atoms with Crippen LogP contribution >= 0.6 is 0 Å². The van der Waals surface area contributed by atoms with Gasteiger partial charge in [0.15, 0.2) is 0 Å². The van der Waals surface area contributed by atoms with Crippen molar-refractivity contribution in [2.45, 2.75) is 50.3 Å². The van der Waals surface area contributed by atoms with Gasteiger partial charge in [-0.05, 0) is 6.42 Å². The van der Waals surface area contributed by atoms with Crippen molar-refractivity contribution < 1.29 is 29.9 Å². The molecule has 0 aromatic rings. The maximum atomic E-state index is 9.79. The highest BCUT2D eigenvalue weighted by molar-refractivity contribution is 4.96. The van der Waals surface area contributed by atoms with Gasteiger partial charge in [-0.15, -0.1) is 0 Å². The number of hydrogen-bond acceptors (Lipinski definition) is 6. The summed E-state index contributed by atoms with van der Waals surface area (Å²) in [5.74, 6) is -1.61. The lowest BCUT2D eigenvalue weighted by Crippen LogP contribution is -2.48. The highest BCUT2D eigenvalue weighted by Gasteiger charge is 2.54. The molecular weight excluding hydrogens is 228 g/mol. The molecule has 1 aliphatic rings. The number of aliphatic hydroxyl groups is 4. The van der Waals surface area contributed by atoms with E-state index in [0.717, 1.165) is 19.3 Å². The zero-order chi connectivity index (χ0) is 12.9. The molecule has 0 radical (unpaired) electrons. The van der Waals surface area contributed by atoms with Gasteiger partial charge in [0.1, 0.15) is 24.9 Å². The first-order valence-electron chi connectivity index (χ1n) is 6.01. The fourth-order valence-corrected chi connectivity index (χ4v) is 1.90. The summed E-state index contributed by atoms with van der Waals surface area (Å²) in [6.45, 7) is 1.39. The average molecular weight is 250 g/mol. The first kappa shape index (κ1) is 14.8. The van der Waals surface area contributed by atoms with Crippen molar-refractivity contribution in [2.75, 3.05) is 19.8 Å². The van der Waals surface area contributed by atoms with E-state index in [4.69, 9.17) is 14.6 Å². The van der Waals surface area contributed by atoms with E-state index >= 15 is 0 Å². The molecule has 1 saturated heterocycles. The predicted octanol–water partition coefficient (Wildman–Crippen LogP) is -1.01. The molecule has 1 unspecified atom stereocenters. The van der Waals surface area contributed by atoms with Crippen molar-refractivity contribution in [3.8, 4) is 0 Å². The molecule has 0 aromatic carbocycles. The second-order valence-electron chi connectivity index (χ2n) is 4.30. The number of ether oxygens (including phenoxy) is 2. The third-order valence-corrected chi connectivity index (χ3v) is 3.00. The van der Waals surface area contributed by atoms with E-state index < -0.39 is 37.3 Å². The standard InChI is InChI=1S/C11H22O6/c1-2-3-4-5-16-11(7-13)10(15)9(14)8(6-12)17-11/h8-10,12-15H,2-7H2,1H3/t8-,9-,10+,11?/m1/s1. The van der Waals surface area contributed by atoms with Crippen molar-refractivity contribution in [1.82, 2.24) is 0 Å². The molecule has 0 spiro atoms. The molecule has 4 atom stereocenters. The molecule has 0 bridgehead atoms. The van der Waals surface area contributed by atoms with Gasteiger partial charge in [-0.25, -0.2) is 0 Å². The fourth-order valence-electron chi connectivity index (χ4n) is 1.90. The molecule has 0 aliphatic carbocycles. The third-order valence-electron chi connectivity index (χ3n) is 3.00. The Labute approximate surface area is 101 Å². The summed E-state index contributed by atoms with van der Waals surface area (Å²) >= 11 is 0. The maximum absolute atomic E-state index is 9.79. The predicted molar refractivity (Wildman–Crippen MR) is 59.3 cm³/mol. The van der Waals surface area contributed by atoms with Crippen molar-refractivity contribution in [1.29, 1.82) is 0 Å². The summed E-state index contributed by atoms with van der Waals surface area (Å²) in [5.41, 5.74) is 0. The quantitative estimate of drug-likeness (QED) is 0.432. The highest BCUT2D eigenvalue weighted by atomic mass is 16.7. The minimum atomic E-state index is -1.61. The molecule has 1 rings (SSSR count). The SMILES string of the molecule is CCCCCOC1(CO)O[C@H](CO)[C@@H](O)[C@@H]1O. The smallest absolute Gasteiger partial charge is 0.221 e. The molecule has 17 heavy (non-hydrogen) atoms. The fraction of sp³-hybridized carbons (Fsp3) is 1.00. The first-order chi connectivity index (χ1) is 8.11. The van der Waals surface area contributed by atoms with E-state index in [1.165, 1.54) is 0 Å². The molecule has 4 N–H and O–H groups in total. The van der Waals surface area contributed by atoms with E-state index in [1.807, 2.05) is 6.92 Å². The number of rotatable bonds is 7. The van der Waals surface area contributed by atoms with Gasteiger partial charge in [0, 0.05) is 0 Å². The molecule has 1 aliphatic heterocycles. The van der Waals surface area contributed by atoms with Crippen LogP contribution in [0.5, 0.6) is 0 Å². The molecule has 1 heterocycles. The van der Waals surface area contributed by atoms with Crippen molar-refractivity contribution >= 4 is 0 Å². The molecule has 0 saturated carbocycles. The van der Waals surface area contributed by atoms with Gasteiger partial charge in [-0.3, -0.25) is 0 Å². The Bertz CT molecular complexity index is 224. The lowest BCUT2D eigenvalue weighted by Gasteiger charge is -2.30. The van der Waals surface area contributed by atoms with Gasteiger partial charge in [-0.2, -0.15) is 0 Å². The number of hydrogen-bond donors (Lipinski definition) is 4. The Balaban J connectivity index is 2.56. The van der Waals surface area contributed by atoms with Gasteiger partial charge in [0.25, 0.3) is 0 Å². The second-order valence-corrected chi connectivity index (χ2v) is 4.30. The molecule has 6 heteroatoms. The van der Waals surface area contributed by atoms with Crippen LogP contribution in [0.25, 0.3) is 0 Å². The van der Waals surface area contributed by atoms with E-state index in [0.29, 0.717) is 6.61 Å². The minimum absolute atomic E-state index is 0.330. The Morgan fingerprint density at radius 2 is 1.94 bits per heavy atom. The van der Waals surface area contributed by atoms with E-state index in [2.05, 4.69) is 0 Å². The summed E-state index contributed by atoms with van der Waals surface area (Å²) in [6.07, 6.45) is -0.744. The molecule has 0 amide bonds. The Kier molecular flexibility index (Phi) is 5.78. The maximum Gasteiger partial charge on any atom is 0.221 e. The monoisotopic (exact) mass is 250 g/mol. The van der Waals surface area contributed by atoms with Crippen molar-refractivity contribution in [3.63, 3.8) is 0 Å². The lowest BCUT2D eigenvalue weighted by atomic mass is 10.1. The summed E-state index contributed by atoms with van der Waals surface area (Å²) in [6, 6.07) is 0. The Morgan fingerprint density at radius 3 is 2.41 bits per heavy atom. The van der Waals surface area contributed by atoms with Gasteiger partial charge in [0.2, 0.25) is 5.79 Å². The van der Waals surface area contributed by atoms with Gasteiger partial charge >= 0.3 is 0 Å². The van der Waals surface area contributed by atoms with Gasteiger partial charge < -0.3 is 29.9 Å². The van der Waals surface area contributed by atoms with Crippen LogP contribution in [-0.2, 0) is 9.47 Å². The zero-order valence-electron chi connectivity index (χ0n) is 10.1. The van der Waals surface area contributed by atoms with Gasteiger partial charge in [0.05, 0.1) is 13.2 Å². The minimum Gasteiger partial charge on any atom is -0.394 e. The highest BCUT2D eigenvalue weighted by Crippen LogP contribution is 2.32. The van der Waals surface area contributed by atoms with Crippen molar-refractivity contribution in [2.24, 2.45) is 0 Å². The van der Waals surface area contributed by atoms with Crippen LogP contribution in [0.15, 0.2) is 0 Å². The second kappa shape index (κ2) is 6.63. The van der Waals surface area contributed by atoms with E-state index in [-0.39, 0.29) is 0 Å². The van der Waals surface area contributed by atoms with Crippen LogP contribution in [-0.4, -0.2) is 64.3 Å². The summed E-state index contributed by atoms with van der Waals surface area (Å²) in [4.78, 5) is 0. The van der Waals surface area contributed by atoms with Crippen LogP contribution in [0.2, 0.25) is 0 Å². The van der Waals surface area contributed by atoms with E-state index in [9.17, 15) is 15.3 Å². The summed E-state index contributed by atoms with van der Waals surface area (Å²) < 4.78 is 10.6. The first-order valence-corrected chi connectivity index (χ1v) is 6.01. The Hall–Kier alpha value is -0.240. The van der Waals surface area contributed by atoms with E-state index in [1.54, 1.807) is 0 Å². The van der Waals surface area contributed by atoms with Gasteiger partial charge in [-0.1, -0.05) is 19.8 Å². The van der Waals surface area contributed by atoms with Crippen LogP contribution in [0.1, 0.15) is 26.2 Å². The summed E-state index contributed by atoms with van der Waals surface area (Å²) in [7, 11) is 0. The largest absolute Gasteiger partial charge is 0.394 e. The number of unbranched alkanes of at least 4 members (excludes halogenated alkanes) is 2. The zero-order valence-corrected chi connectivity index (χ0v) is 10.1. The van der Waals surface area contributed by atoms with Crippen molar-refractivity contribution in [3.05, 3.63) is 0 Å². The van der Waals surface area contributed by atoms with Crippen LogP contribution in [0.4, 0.5) is 0 Å². The van der Waals surface area contributed by atoms with Crippen LogP contribution < -0.4 is 0 Å². The molecule has 102 valence electrons. The normalized spacial score (nSPS) is 37.6. The Morgan fingerprint density at radius 1 is 1.24 bits per heavy atom. The average Bonchev–Trinajstić information content (AvgIpc) is 2.60. The van der Waals surface area contributed by atoms with Crippen LogP contribution in [0.3, 0.4) is 0 Å². The lowest BCUT2D eigenvalue weighted by molar-refractivity contribution is -0.276. The molecule has 0 aromatic heterocycles. The third kappa shape index (κ3) is 3.15. The topological polar surface area (TPSA) is 99.4 Å². The molecule has 6 nitrogen and oxygen atoms in total. The number of aliphatic hydroxyl groups excluding tert-OH is 4. The van der Waals surface area contributed by atoms with Crippen LogP contribution in [0, 0.1) is 0 Å².